The number of hydrogen-bond acceptors (Lipinski definition) is 6. The fourth-order valence-corrected chi connectivity index (χ4v) is 3.36. The van der Waals surface area contributed by atoms with E-state index < -0.39 is 17.8 Å². The highest BCUT2D eigenvalue weighted by Crippen LogP contribution is 2.37. The number of para-hydroxylation sites is 1. The fraction of sp³-hybridized carbons (Fsp3) is 0.227. The number of carbonyl (C=O) groups excluding carboxylic acids is 3. The van der Waals surface area contributed by atoms with Crippen LogP contribution >= 0.6 is 15.9 Å². The van der Waals surface area contributed by atoms with Crippen LogP contribution in [0.25, 0.3) is 6.08 Å². The maximum atomic E-state index is 12.9. The molecule has 1 saturated heterocycles. The lowest BCUT2D eigenvalue weighted by molar-refractivity contribution is -0.149. The van der Waals surface area contributed by atoms with Crippen LogP contribution in [0.3, 0.4) is 0 Å². The van der Waals surface area contributed by atoms with Crippen LogP contribution in [0.2, 0.25) is 0 Å². The van der Waals surface area contributed by atoms with E-state index in [4.69, 9.17) is 14.2 Å². The Morgan fingerprint density at radius 2 is 1.90 bits per heavy atom. The normalized spacial score (nSPS) is 14.7. The molecular formula is C22H21BrN2O6. The molecule has 0 saturated carbocycles. The average Bonchev–Trinajstić information content (AvgIpc) is 3.01. The van der Waals surface area contributed by atoms with Gasteiger partial charge in [-0.05, 0) is 44.2 Å². The highest BCUT2D eigenvalue weighted by Gasteiger charge is 2.34. The highest BCUT2D eigenvalue weighted by atomic mass is 79.9. The summed E-state index contributed by atoms with van der Waals surface area (Å²) in [6.07, 6.45) is 1.12. The largest absolute Gasteiger partial charge is 0.493 e. The molecule has 0 radical (unpaired) electrons. The van der Waals surface area contributed by atoms with Crippen molar-refractivity contribution >= 4 is 45.5 Å². The summed E-state index contributed by atoms with van der Waals surface area (Å²) in [5, 5.41) is 1.17. The Morgan fingerprint density at radius 3 is 2.55 bits per heavy atom. The van der Waals surface area contributed by atoms with Gasteiger partial charge in [-0.2, -0.15) is 0 Å². The molecule has 31 heavy (non-hydrogen) atoms. The maximum absolute atomic E-state index is 12.9. The van der Waals surface area contributed by atoms with Gasteiger partial charge in [-0.15, -0.1) is 0 Å². The van der Waals surface area contributed by atoms with E-state index in [2.05, 4.69) is 21.4 Å². The summed E-state index contributed by atoms with van der Waals surface area (Å²) < 4.78 is 16.7. The number of hydrazine groups is 1. The van der Waals surface area contributed by atoms with E-state index in [1.54, 1.807) is 50.2 Å². The number of nitrogens with one attached hydrogen (secondary N) is 1. The second-order valence-electron chi connectivity index (χ2n) is 6.83. The van der Waals surface area contributed by atoms with Crippen LogP contribution in [0.4, 0.5) is 5.69 Å². The molecule has 0 aliphatic carbocycles. The Hall–Kier alpha value is -3.33. The van der Waals surface area contributed by atoms with Gasteiger partial charge < -0.3 is 14.2 Å². The second-order valence-corrected chi connectivity index (χ2v) is 7.74. The van der Waals surface area contributed by atoms with Gasteiger partial charge in [-0.25, -0.2) is 9.80 Å². The van der Waals surface area contributed by atoms with Gasteiger partial charge in [-0.1, -0.05) is 34.1 Å². The molecule has 1 N–H and O–H groups in total. The van der Waals surface area contributed by atoms with Crippen molar-refractivity contribution in [3.63, 3.8) is 0 Å². The quantitative estimate of drug-likeness (QED) is 0.365. The monoisotopic (exact) mass is 488 g/mol. The smallest absolute Gasteiger partial charge is 0.344 e. The lowest BCUT2D eigenvalue weighted by Gasteiger charge is -2.15. The minimum Gasteiger partial charge on any atom is -0.493 e. The summed E-state index contributed by atoms with van der Waals surface area (Å²) in [7, 11) is 1.45. The molecule has 162 valence electrons. The lowest BCUT2D eigenvalue weighted by Crippen LogP contribution is -2.35. The zero-order valence-electron chi connectivity index (χ0n) is 17.2. The molecule has 2 aromatic carbocycles. The molecule has 0 aromatic heterocycles. The van der Waals surface area contributed by atoms with E-state index in [1.807, 2.05) is 6.07 Å². The van der Waals surface area contributed by atoms with Gasteiger partial charge in [0, 0.05) is 10.0 Å². The summed E-state index contributed by atoms with van der Waals surface area (Å²) in [6, 6.07) is 12.1. The Balaban J connectivity index is 1.95. The van der Waals surface area contributed by atoms with E-state index in [-0.39, 0.29) is 24.0 Å². The molecule has 9 heteroatoms. The minimum atomic E-state index is -0.557. The molecule has 0 spiro atoms. The predicted molar refractivity (Wildman–Crippen MR) is 117 cm³/mol. The molecule has 8 nitrogen and oxygen atoms in total. The number of halogens is 1. The van der Waals surface area contributed by atoms with Gasteiger partial charge >= 0.3 is 5.97 Å². The summed E-state index contributed by atoms with van der Waals surface area (Å²) in [5.41, 5.74) is 3.38. The van der Waals surface area contributed by atoms with Crippen LogP contribution in [0, 0.1) is 0 Å². The molecule has 0 bridgehead atoms. The number of benzene rings is 2. The molecule has 0 unspecified atom stereocenters. The van der Waals surface area contributed by atoms with Crippen molar-refractivity contribution in [3.8, 4) is 11.5 Å². The molecule has 2 aromatic rings. The third-order valence-electron chi connectivity index (χ3n) is 4.18. The Kier molecular flexibility index (Phi) is 6.96. The van der Waals surface area contributed by atoms with Crippen molar-refractivity contribution in [2.24, 2.45) is 0 Å². The summed E-state index contributed by atoms with van der Waals surface area (Å²) in [5.74, 6) is -1.09. The number of nitrogens with zero attached hydrogens (tertiary/aromatic N) is 1. The summed E-state index contributed by atoms with van der Waals surface area (Å²) in [4.78, 5) is 37.3. The van der Waals surface area contributed by atoms with Crippen LogP contribution in [0.15, 0.2) is 52.5 Å². The zero-order valence-corrected chi connectivity index (χ0v) is 18.8. The third kappa shape index (κ3) is 5.24. The number of esters is 1. The van der Waals surface area contributed by atoms with Crippen LogP contribution in [-0.4, -0.2) is 37.6 Å². The van der Waals surface area contributed by atoms with E-state index in [0.29, 0.717) is 21.5 Å². The highest BCUT2D eigenvalue weighted by molar-refractivity contribution is 9.10. The molecule has 1 aliphatic rings. The van der Waals surface area contributed by atoms with E-state index in [9.17, 15) is 14.4 Å². The van der Waals surface area contributed by atoms with Crippen molar-refractivity contribution in [2.45, 2.75) is 20.0 Å². The molecule has 2 amide bonds. The van der Waals surface area contributed by atoms with E-state index in [0.717, 1.165) is 0 Å². The van der Waals surface area contributed by atoms with Gasteiger partial charge in [0.05, 0.1) is 18.9 Å². The van der Waals surface area contributed by atoms with Gasteiger partial charge in [0.1, 0.15) is 5.57 Å². The Labute approximate surface area is 187 Å². The SMILES string of the molecule is COc1cc(Br)cc(C=C2C(=O)NN(c3ccccc3)C2=O)c1OCC(=O)OC(C)C. The van der Waals surface area contributed by atoms with Crippen molar-refractivity contribution in [2.75, 3.05) is 18.7 Å². The van der Waals surface area contributed by atoms with Crippen molar-refractivity contribution in [1.82, 2.24) is 5.43 Å². The fourth-order valence-electron chi connectivity index (χ4n) is 2.90. The number of hydrogen-bond donors (Lipinski definition) is 1. The first kappa shape index (κ1) is 22.4. The first-order valence-electron chi connectivity index (χ1n) is 9.42. The number of amides is 2. The summed E-state index contributed by atoms with van der Waals surface area (Å²) >= 11 is 3.38. The predicted octanol–water partition coefficient (Wildman–Crippen LogP) is 3.25. The molecule has 0 atom stereocenters. The lowest BCUT2D eigenvalue weighted by atomic mass is 10.1. The maximum Gasteiger partial charge on any atom is 0.344 e. The van der Waals surface area contributed by atoms with Gasteiger partial charge in [0.15, 0.2) is 18.1 Å². The molecule has 1 aliphatic heterocycles. The average molecular weight is 489 g/mol. The Morgan fingerprint density at radius 1 is 1.19 bits per heavy atom. The first-order chi connectivity index (χ1) is 14.8. The molecular weight excluding hydrogens is 468 g/mol. The number of rotatable bonds is 7. The minimum absolute atomic E-state index is 0.0846. The number of carbonyl (C=O) groups is 3. The van der Waals surface area contributed by atoms with Crippen LogP contribution in [0.1, 0.15) is 19.4 Å². The zero-order chi connectivity index (χ0) is 22.5. The van der Waals surface area contributed by atoms with Crippen LogP contribution in [-0.2, 0) is 19.1 Å². The molecule has 3 rings (SSSR count). The second kappa shape index (κ2) is 9.65. The number of ether oxygens (including phenoxy) is 3. The van der Waals surface area contributed by atoms with Crippen molar-refractivity contribution in [3.05, 3.63) is 58.1 Å². The van der Waals surface area contributed by atoms with Gasteiger partial charge in [0.2, 0.25) is 0 Å². The standard InChI is InChI=1S/C22H21BrN2O6/c1-13(2)31-19(26)12-30-20-14(9-15(23)11-18(20)29-3)10-17-21(27)24-25(22(17)28)16-7-5-4-6-8-16/h4-11,13H,12H2,1-3H3,(H,24,27). The van der Waals surface area contributed by atoms with Crippen LogP contribution in [0.5, 0.6) is 11.5 Å². The Bertz CT molecular complexity index is 1040. The molecule has 1 heterocycles. The van der Waals surface area contributed by atoms with E-state index in [1.165, 1.54) is 18.2 Å². The molecule has 1 fully saturated rings. The first-order valence-corrected chi connectivity index (χ1v) is 10.2. The van der Waals surface area contributed by atoms with Crippen LogP contribution < -0.4 is 19.9 Å². The van der Waals surface area contributed by atoms with E-state index >= 15 is 0 Å². The number of methoxy groups -OCH3 is 1. The third-order valence-corrected chi connectivity index (χ3v) is 4.63. The number of anilines is 1. The van der Waals surface area contributed by atoms with Crippen molar-refractivity contribution < 1.29 is 28.6 Å². The van der Waals surface area contributed by atoms with Crippen molar-refractivity contribution in [1.29, 1.82) is 0 Å². The van der Waals surface area contributed by atoms with Gasteiger partial charge in [0.25, 0.3) is 11.8 Å². The summed E-state index contributed by atoms with van der Waals surface area (Å²) in [6.45, 7) is 3.11. The van der Waals surface area contributed by atoms with Gasteiger partial charge in [-0.3, -0.25) is 15.0 Å². The topological polar surface area (TPSA) is 94.2 Å².